The van der Waals surface area contributed by atoms with Crippen LogP contribution < -0.4 is 5.73 Å². The Kier molecular flexibility index (Phi) is 10.3. The average Bonchev–Trinajstić information content (AvgIpc) is 2.87. The summed E-state index contributed by atoms with van der Waals surface area (Å²) in [5.41, 5.74) is 7.50. The molecular weight excluding hydrogens is 270 g/mol. The molecule has 0 atom stereocenters. The number of thiophene rings is 1. The largest absolute Gasteiger partial charge is 0.402 e. The first-order valence-electron chi connectivity index (χ1n) is 6.26. The van der Waals surface area contributed by atoms with Crippen LogP contribution in [0, 0.1) is 0 Å². The SMILES string of the molecule is C=C/C(=C\C=C(/C)N)CCc1ccc(C=O)s1.COC. The minimum Gasteiger partial charge on any atom is -0.402 e. The number of hydrogen-bond acceptors (Lipinski definition) is 4. The molecule has 110 valence electrons. The highest BCUT2D eigenvalue weighted by Gasteiger charge is 2.00. The van der Waals surface area contributed by atoms with Crippen LogP contribution in [-0.2, 0) is 11.2 Å². The van der Waals surface area contributed by atoms with Crippen LogP contribution in [0.25, 0.3) is 0 Å². The van der Waals surface area contributed by atoms with E-state index in [0.29, 0.717) is 0 Å². The Bertz CT molecular complexity index is 469. The average molecular weight is 293 g/mol. The van der Waals surface area contributed by atoms with E-state index < -0.39 is 0 Å². The van der Waals surface area contributed by atoms with Crippen LogP contribution in [0.3, 0.4) is 0 Å². The van der Waals surface area contributed by atoms with Gasteiger partial charge in [0.15, 0.2) is 6.29 Å². The molecule has 0 bridgehead atoms. The summed E-state index contributed by atoms with van der Waals surface area (Å²) in [4.78, 5) is 12.5. The quantitative estimate of drug-likeness (QED) is 0.642. The Morgan fingerprint density at radius 2 is 2.05 bits per heavy atom. The Morgan fingerprint density at radius 3 is 2.50 bits per heavy atom. The molecule has 1 aromatic rings. The third kappa shape index (κ3) is 8.45. The van der Waals surface area contributed by atoms with Gasteiger partial charge in [-0.3, -0.25) is 4.79 Å². The van der Waals surface area contributed by atoms with Crippen LogP contribution in [0.1, 0.15) is 27.9 Å². The Hall–Kier alpha value is -1.65. The molecule has 0 spiro atoms. The lowest BCUT2D eigenvalue weighted by atomic mass is 10.1. The first-order valence-corrected chi connectivity index (χ1v) is 7.08. The Morgan fingerprint density at radius 1 is 1.40 bits per heavy atom. The lowest BCUT2D eigenvalue weighted by molar-refractivity contribution is 0.112. The number of rotatable bonds is 6. The van der Waals surface area contributed by atoms with Gasteiger partial charge in [0.05, 0.1) is 4.88 Å². The van der Waals surface area contributed by atoms with Crippen molar-refractivity contribution in [2.75, 3.05) is 14.2 Å². The first kappa shape index (κ1) is 18.4. The van der Waals surface area contributed by atoms with Crippen LogP contribution >= 0.6 is 11.3 Å². The second-order valence-electron chi connectivity index (χ2n) is 4.19. The van der Waals surface area contributed by atoms with Gasteiger partial charge < -0.3 is 10.5 Å². The van der Waals surface area contributed by atoms with Crippen molar-refractivity contribution in [2.45, 2.75) is 19.8 Å². The van der Waals surface area contributed by atoms with Gasteiger partial charge in [0.25, 0.3) is 0 Å². The fourth-order valence-electron chi connectivity index (χ4n) is 1.35. The van der Waals surface area contributed by atoms with Gasteiger partial charge in [0, 0.05) is 24.8 Å². The van der Waals surface area contributed by atoms with Crippen molar-refractivity contribution in [2.24, 2.45) is 5.73 Å². The van der Waals surface area contributed by atoms with Gasteiger partial charge in [-0.2, -0.15) is 0 Å². The van der Waals surface area contributed by atoms with E-state index in [1.54, 1.807) is 25.6 Å². The molecule has 0 aliphatic rings. The standard InChI is InChI=1S/C14H17NOS.C2H6O/c1-3-12(5-4-11(2)15)6-7-13-8-9-14(10-16)17-13;1-3-2/h3-5,8-10H,1,6-7,15H2,2H3;1-2H3/b11-4+,12-5+;. The van der Waals surface area contributed by atoms with Gasteiger partial charge in [-0.15, -0.1) is 11.3 Å². The minimum absolute atomic E-state index is 0.779. The van der Waals surface area contributed by atoms with E-state index in [0.717, 1.165) is 35.3 Å². The number of aldehydes is 1. The summed E-state index contributed by atoms with van der Waals surface area (Å²) in [6, 6.07) is 3.85. The van der Waals surface area contributed by atoms with E-state index in [2.05, 4.69) is 11.3 Å². The minimum atomic E-state index is 0.779. The maximum atomic E-state index is 10.6. The van der Waals surface area contributed by atoms with Gasteiger partial charge in [0.2, 0.25) is 0 Å². The molecule has 0 amide bonds. The summed E-state index contributed by atoms with van der Waals surface area (Å²) in [7, 11) is 3.25. The predicted octanol–water partition coefficient (Wildman–Crippen LogP) is 3.73. The summed E-state index contributed by atoms with van der Waals surface area (Å²) in [5, 5.41) is 0. The molecule has 1 aromatic heterocycles. The third-order valence-corrected chi connectivity index (χ3v) is 3.35. The topological polar surface area (TPSA) is 52.3 Å². The first-order chi connectivity index (χ1) is 9.57. The molecule has 0 radical (unpaired) electrons. The summed E-state index contributed by atoms with van der Waals surface area (Å²) < 4.78 is 4.25. The molecule has 1 rings (SSSR count). The molecule has 0 aliphatic heterocycles. The van der Waals surface area contributed by atoms with Crippen molar-refractivity contribution < 1.29 is 9.53 Å². The molecular formula is C16H23NO2S. The molecule has 0 aromatic carbocycles. The number of ether oxygens (including phenoxy) is 1. The monoisotopic (exact) mass is 293 g/mol. The van der Waals surface area contributed by atoms with E-state index in [-0.39, 0.29) is 0 Å². The lowest BCUT2D eigenvalue weighted by Gasteiger charge is -1.99. The Labute approximate surface area is 125 Å². The number of hydrogen-bond donors (Lipinski definition) is 1. The molecule has 0 aliphatic carbocycles. The number of nitrogens with two attached hydrogens (primary N) is 1. The molecule has 0 fully saturated rings. The number of aryl methyl sites for hydroxylation is 1. The maximum Gasteiger partial charge on any atom is 0.160 e. The fourth-order valence-corrected chi connectivity index (χ4v) is 2.18. The maximum absolute atomic E-state index is 10.6. The van der Waals surface area contributed by atoms with Crippen molar-refractivity contribution in [1.29, 1.82) is 0 Å². The van der Waals surface area contributed by atoms with Crippen LogP contribution in [-0.4, -0.2) is 20.5 Å². The molecule has 4 heteroatoms. The third-order valence-electron chi connectivity index (χ3n) is 2.28. The van der Waals surface area contributed by atoms with Crippen LogP contribution in [0.4, 0.5) is 0 Å². The molecule has 2 N–H and O–H groups in total. The molecule has 1 heterocycles. The van der Waals surface area contributed by atoms with Gasteiger partial charge in [-0.1, -0.05) is 18.7 Å². The molecule has 0 unspecified atom stereocenters. The van der Waals surface area contributed by atoms with Gasteiger partial charge in [-0.05, 0) is 43.5 Å². The second kappa shape index (κ2) is 11.2. The highest BCUT2D eigenvalue weighted by Crippen LogP contribution is 2.18. The van der Waals surface area contributed by atoms with Gasteiger partial charge >= 0.3 is 0 Å². The highest BCUT2D eigenvalue weighted by atomic mass is 32.1. The van der Waals surface area contributed by atoms with E-state index in [1.807, 2.05) is 37.3 Å². The van der Waals surface area contributed by atoms with E-state index >= 15 is 0 Å². The van der Waals surface area contributed by atoms with Crippen molar-refractivity contribution in [3.63, 3.8) is 0 Å². The second-order valence-corrected chi connectivity index (χ2v) is 5.39. The van der Waals surface area contributed by atoms with E-state index in [1.165, 1.54) is 4.88 Å². The number of methoxy groups -OCH3 is 1. The van der Waals surface area contributed by atoms with Gasteiger partial charge in [0.1, 0.15) is 0 Å². The lowest BCUT2D eigenvalue weighted by Crippen LogP contribution is -1.89. The van der Waals surface area contributed by atoms with E-state index in [4.69, 9.17) is 5.73 Å². The zero-order valence-corrected chi connectivity index (χ0v) is 13.2. The highest BCUT2D eigenvalue weighted by molar-refractivity contribution is 7.13. The zero-order chi connectivity index (χ0) is 15.4. The Balaban J connectivity index is 0.00000110. The normalized spacial score (nSPS) is 11.6. The zero-order valence-electron chi connectivity index (χ0n) is 12.4. The van der Waals surface area contributed by atoms with Crippen LogP contribution in [0.15, 0.2) is 48.2 Å². The van der Waals surface area contributed by atoms with Crippen LogP contribution in [0.5, 0.6) is 0 Å². The molecule has 0 saturated carbocycles. The summed E-state index contributed by atoms with van der Waals surface area (Å²) in [6.45, 7) is 5.64. The summed E-state index contributed by atoms with van der Waals surface area (Å²) >= 11 is 1.54. The summed E-state index contributed by atoms with van der Waals surface area (Å²) in [6.07, 6.45) is 8.42. The predicted molar refractivity (Wildman–Crippen MR) is 87.2 cm³/mol. The van der Waals surface area contributed by atoms with Crippen molar-refractivity contribution in [3.05, 3.63) is 58.0 Å². The van der Waals surface area contributed by atoms with Crippen molar-refractivity contribution in [3.8, 4) is 0 Å². The smallest absolute Gasteiger partial charge is 0.160 e. The van der Waals surface area contributed by atoms with Gasteiger partial charge in [-0.25, -0.2) is 0 Å². The number of allylic oxidation sites excluding steroid dienone is 5. The molecule has 3 nitrogen and oxygen atoms in total. The van der Waals surface area contributed by atoms with Crippen molar-refractivity contribution >= 4 is 17.6 Å². The molecule has 0 saturated heterocycles. The molecule has 20 heavy (non-hydrogen) atoms. The van der Waals surface area contributed by atoms with E-state index in [9.17, 15) is 4.79 Å². The number of carbonyl (C=O) groups excluding carboxylic acids is 1. The number of carbonyl (C=O) groups is 1. The fraction of sp³-hybridized carbons (Fsp3) is 0.312. The van der Waals surface area contributed by atoms with Crippen molar-refractivity contribution in [1.82, 2.24) is 0 Å². The van der Waals surface area contributed by atoms with Crippen LogP contribution in [0.2, 0.25) is 0 Å². The summed E-state index contributed by atoms with van der Waals surface area (Å²) in [5.74, 6) is 0.